The van der Waals surface area contributed by atoms with Gasteiger partial charge in [-0.1, -0.05) is 30.7 Å². The van der Waals surface area contributed by atoms with Gasteiger partial charge in [0.05, 0.1) is 16.8 Å². The van der Waals surface area contributed by atoms with E-state index < -0.39 is 5.91 Å². The van der Waals surface area contributed by atoms with Gasteiger partial charge in [0.2, 0.25) is 0 Å². The van der Waals surface area contributed by atoms with Crippen LogP contribution in [0.15, 0.2) is 35.5 Å². The Kier molecular flexibility index (Phi) is 6.41. The highest BCUT2D eigenvalue weighted by molar-refractivity contribution is 7.16. The number of carbonyl (C=O) groups is 2. The van der Waals surface area contributed by atoms with Crippen molar-refractivity contribution in [3.05, 3.63) is 46.5 Å². The molecule has 0 spiro atoms. The monoisotopic (exact) mass is 400 g/mol. The molecule has 0 aliphatic carbocycles. The number of benzene rings is 1. The van der Waals surface area contributed by atoms with Crippen molar-refractivity contribution < 1.29 is 14.3 Å². The van der Waals surface area contributed by atoms with E-state index in [2.05, 4.69) is 29.1 Å². The fourth-order valence-electron chi connectivity index (χ4n) is 2.90. The molecule has 1 amide bonds. The zero-order valence-corrected chi connectivity index (χ0v) is 17.2. The summed E-state index contributed by atoms with van der Waals surface area (Å²) >= 11 is 1.39. The van der Waals surface area contributed by atoms with Crippen LogP contribution in [0.1, 0.15) is 42.7 Å². The van der Waals surface area contributed by atoms with E-state index in [1.807, 2.05) is 6.07 Å². The maximum Gasteiger partial charge on any atom is 0.326 e. The number of esters is 1. The Bertz CT molecular complexity index is 1060. The summed E-state index contributed by atoms with van der Waals surface area (Å²) in [6, 6.07) is 7.79. The van der Waals surface area contributed by atoms with E-state index in [1.165, 1.54) is 16.9 Å². The van der Waals surface area contributed by atoms with E-state index in [9.17, 15) is 9.59 Å². The molecule has 0 unspecified atom stereocenters. The predicted molar refractivity (Wildman–Crippen MR) is 108 cm³/mol. The van der Waals surface area contributed by atoms with E-state index in [1.54, 1.807) is 35.5 Å². The normalized spacial score (nSPS) is 11.9. The van der Waals surface area contributed by atoms with Gasteiger partial charge in [-0.2, -0.15) is 10.1 Å². The van der Waals surface area contributed by atoms with Crippen molar-refractivity contribution >= 4 is 33.4 Å². The first-order valence-corrected chi connectivity index (χ1v) is 10.2. The van der Waals surface area contributed by atoms with Gasteiger partial charge in [0.1, 0.15) is 6.54 Å². The van der Waals surface area contributed by atoms with Gasteiger partial charge in [-0.15, -0.1) is 0 Å². The van der Waals surface area contributed by atoms with Crippen molar-refractivity contribution in [1.82, 2.24) is 14.3 Å². The SMILES string of the molecule is CCCCc1ccc2c(c1)sc(=NC(=O)c1ccn(C)n1)n2CC(=O)OCC. The minimum Gasteiger partial charge on any atom is -0.465 e. The van der Waals surface area contributed by atoms with Crippen LogP contribution in [-0.2, 0) is 29.5 Å². The third kappa shape index (κ3) is 4.56. The van der Waals surface area contributed by atoms with E-state index in [0.717, 1.165) is 29.5 Å². The maximum absolute atomic E-state index is 12.5. The molecule has 3 aromatic rings. The Labute approximate surface area is 167 Å². The van der Waals surface area contributed by atoms with Crippen LogP contribution in [0.4, 0.5) is 0 Å². The number of thiazole rings is 1. The number of hydrogen-bond donors (Lipinski definition) is 0. The summed E-state index contributed by atoms with van der Waals surface area (Å²) in [6.45, 7) is 4.25. The van der Waals surface area contributed by atoms with Crippen molar-refractivity contribution in [2.45, 2.75) is 39.7 Å². The van der Waals surface area contributed by atoms with Gasteiger partial charge in [0.15, 0.2) is 10.5 Å². The molecule has 2 aromatic heterocycles. The lowest BCUT2D eigenvalue weighted by Crippen LogP contribution is -2.23. The van der Waals surface area contributed by atoms with Crippen molar-refractivity contribution in [1.29, 1.82) is 0 Å². The molecule has 0 saturated carbocycles. The van der Waals surface area contributed by atoms with Gasteiger partial charge in [-0.25, -0.2) is 0 Å². The number of amides is 1. The second kappa shape index (κ2) is 8.97. The number of unbranched alkanes of at least 4 members (excludes halogenated alkanes) is 1. The molecule has 1 aromatic carbocycles. The Hall–Kier alpha value is -2.74. The summed E-state index contributed by atoms with van der Waals surface area (Å²) in [5, 5.41) is 4.11. The maximum atomic E-state index is 12.5. The molecule has 7 nitrogen and oxygen atoms in total. The first-order valence-electron chi connectivity index (χ1n) is 9.38. The molecule has 148 valence electrons. The van der Waals surface area contributed by atoms with Crippen molar-refractivity contribution in [2.24, 2.45) is 12.0 Å². The fraction of sp³-hybridized carbons (Fsp3) is 0.400. The Morgan fingerprint density at radius 3 is 2.75 bits per heavy atom. The van der Waals surface area contributed by atoms with E-state index >= 15 is 0 Å². The topological polar surface area (TPSA) is 78.5 Å². The molecule has 0 aliphatic heterocycles. The Morgan fingerprint density at radius 2 is 2.07 bits per heavy atom. The van der Waals surface area contributed by atoms with E-state index in [-0.39, 0.29) is 18.2 Å². The number of aromatic nitrogens is 3. The number of carbonyl (C=O) groups excluding carboxylic acids is 2. The molecule has 3 rings (SSSR count). The average Bonchev–Trinajstić information content (AvgIpc) is 3.24. The molecule has 0 atom stereocenters. The molecule has 0 aliphatic rings. The van der Waals surface area contributed by atoms with Crippen LogP contribution in [0, 0.1) is 0 Å². The number of fused-ring (bicyclic) bond motifs is 1. The number of nitrogens with zero attached hydrogens (tertiary/aromatic N) is 4. The van der Waals surface area contributed by atoms with Gasteiger partial charge < -0.3 is 9.30 Å². The van der Waals surface area contributed by atoms with Gasteiger partial charge in [-0.05, 0) is 43.5 Å². The first kappa shape index (κ1) is 20.0. The molecule has 0 N–H and O–H groups in total. The highest BCUT2D eigenvalue weighted by Crippen LogP contribution is 2.21. The van der Waals surface area contributed by atoms with E-state index in [0.29, 0.717) is 11.4 Å². The minimum absolute atomic E-state index is 0.0104. The van der Waals surface area contributed by atoms with Crippen LogP contribution in [0.25, 0.3) is 10.2 Å². The molecule has 0 fully saturated rings. The molecular formula is C20H24N4O3S. The summed E-state index contributed by atoms with van der Waals surface area (Å²) in [5.41, 5.74) is 2.37. The standard InChI is InChI=1S/C20H24N4O3S/c1-4-6-7-14-8-9-16-17(12-14)28-20(24(16)13-18(25)27-5-2)21-19(26)15-10-11-23(3)22-15/h8-12H,4-7,13H2,1-3H3. The predicted octanol–water partition coefficient (Wildman–Crippen LogP) is 3.08. The molecule has 2 heterocycles. The third-order valence-electron chi connectivity index (χ3n) is 4.29. The van der Waals surface area contributed by atoms with Crippen molar-refractivity contribution in [3.63, 3.8) is 0 Å². The smallest absolute Gasteiger partial charge is 0.326 e. The second-order valence-corrected chi connectivity index (χ2v) is 7.48. The molecule has 28 heavy (non-hydrogen) atoms. The third-order valence-corrected chi connectivity index (χ3v) is 5.33. The van der Waals surface area contributed by atoms with Crippen LogP contribution in [-0.4, -0.2) is 32.8 Å². The van der Waals surface area contributed by atoms with Crippen LogP contribution in [0.3, 0.4) is 0 Å². The second-order valence-electron chi connectivity index (χ2n) is 6.47. The van der Waals surface area contributed by atoms with Gasteiger partial charge in [0, 0.05) is 13.2 Å². The summed E-state index contributed by atoms with van der Waals surface area (Å²) < 4.78 is 9.38. The molecule has 0 saturated heterocycles. The Balaban J connectivity index is 2.06. The van der Waals surface area contributed by atoms with Crippen LogP contribution >= 0.6 is 11.3 Å². The number of rotatable bonds is 7. The van der Waals surface area contributed by atoms with E-state index in [4.69, 9.17) is 4.74 Å². The van der Waals surface area contributed by atoms with Gasteiger partial charge >= 0.3 is 5.97 Å². The van der Waals surface area contributed by atoms with Crippen molar-refractivity contribution in [3.8, 4) is 0 Å². The van der Waals surface area contributed by atoms with Crippen LogP contribution in [0.2, 0.25) is 0 Å². The summed E-state index contributed by atoms with van der Waals surface area (Å²) in [7, 11) is 1.75. The number of aryl methyl sites for hydroxylation is 2. The zero-order chi connectivity index (χ0) is 20.1. The molecule has 0 radical (unpaired) electrons. The lowest BCUT2D eigenvalue weighted by molar-refractivity contribution is -0.143. The van der Waals surface area contributed by atoms with Gasteiger partial charge in [-0.3, -0.25) is 14.3 Å². The summed E-state index contributed by atoms with van der Waals surface area (Å²) in [6.07, 6.45) is 4.95. The van der Waals surface area contributed by atoms with Crippen LogP contribution in [0.5, 0.6) is 0 Å². The van der Waals surface area contributed by atoms with Crippen LogP contribution < -0.4 is 4.80 Å². The number of ether oxygens (including phenoxy) is 1. The summed E-state index contributed by atoms with van der Waals surface area (Å²) in [5.74, 6) is -0.792. The quantitative estimate of drug-likeness (QED) is 0.571. The Morgan fingerprint density at radius 1 is 1.25 bits per heavy atom. The lowest BCUT2D eigenvalue weighted by Gasteiger charge is -2.06. The largest absolute Gasteiger partial charge is 0.465 e. The minimum atomic E-state index is -0.434. The first-order chi connectivity index (χ1) is 13.5. The average molecular weight is 401 g/mol. The van der Waals surface area contributed by atoms with Gasteiger partial charge in [0.25, 0.3) is 5.91 Å². The highest BCUT2D eigenvalue weighted by Gasteiger charge is 2.14. The number of hydrogen-bond acceptors (Lipinski definition) is 5. The molecule has 0 bridgehead atoms. The summed E-state index contributed by atoms with van der Waals surface area (Å²) in [4.78, 5) is 29.3. The fourth-order valence-corrected chi connectivity index (χ4v) is 3.99. The molecular weight excluding hydrogens is 376 g/mol. The zero-order valence-electron chi connectivity index (χ0n) is 16.3. The van der Waals surface area contributed by atoms with Crippen molar-refractivity contribution in [2.75, 3.05) is 6.61 Å². The lowest BCUT2D eigenvalue weighted by atomic mass is 10.1. The molecule has 8 heteroatoms. The highest BCUT2D eigenvalue weighted by atomic mass is 32.1.